The fourth-order valence-electron chi connectivity index (χ4n) is 3.52. The molecular weight excluding hydrogens is 360 g/mol. The van der Waals surface area contributed by atoms with Crippen LogP contribution in [0.3, 0.4) is 0 Å². The van der Waals surface area contributed by atoms with Crippen LogP contribution in [0, 0.1) is 0 Å². The molecule has 28 heavy (non-hydrogen) atoms. The third-order valence-corrected chi connectivity index (χ3v) is 4.79. The zero-order chi connectivity index (χ0) is 19.8. The Kier molecular flexibility index (Phi) is 4.54. The Balaban J connectivity index is 1.59. The van der Waals surface area contributed by atoms with Crippen LogP contribution >= 0.6 is 0 Å². The lowest BCUT2D eigenvalue weighted by Crippen LogP contribution is -2.52. The maximum absolute atomic E-state index is 12.8. The molecule has 0 bridgehead atoms. The molecule has 3 amide bonds. The summed E-state index contributed by atoms with van der Waals surface area (Å²) in [7, 11) is 0. The van der Waals surface area contributed by atoms with Gasteiger partial charge in [0.2, 0.25) is 17.7 Å². The molecule has 1 saturated heterocycles. The number of hydrogen-bond donors (Lipinski definition) is 1. The lowest BCUT2D eigenvalue weighted by molar-refractivity contribution is -0.136. The van der Waals surface area contributed by atoms with Crippen LogP contribution in [0.5, 0.6) is 5.88 Å². The molecule has 1 N–H and O–H groups in total. The first kappa shape index (κ1) is 18.1. The summed E-state index contributed by atoms with van der Waals surface area (Å²) in [5, 5.41) is 2.31. The van der Waals surface area contributed by atoms with Crippen molar-refractivity contribution in [1.29, 1.82) is 0 Å². The molecule has 1 unspecified atom stereocenters. The second-order valence-corrected chi connectivity index (χ2v) is 7.18. The van der Waals surface area contributed by atoms with Gasteiger partial charge in [-0.1, -0.05) is 6.07 Å². The Morgan fingerprint density at radius 1 is 1.21 bits per heavy atom. The predicted octanol–water partition coefficient (Wildman–Crippen LogP) is 1.69. The Hall–Kier alpha value is -3.29. The van der Waals surface area contributed by atoms with E-state index in [2.05, 4.69) is 15.3 Å². The van der Waals surface area contributed by atoms with Crippen LogP contribution < -0.4 is 10.1 Å². The zero-order valence-corrected chi connectivity index (χ0v) is 15.6. The van der Waals surface area contributed by atoms with Crippen molar-refractivity contribution in [3.8, 4) is 17.1 Å². The van der Waals surface area contributed by atoms with Crippen molar-refractivity contribution in [1.82, 2.24) is 20.2 Å². The number of carbonyl (C=O) groups is 3. The van der Waals surface area contributed by atoms with Crippen molar-refractivity contribution >= 4 is 17.7 Å². The summed E-state index contributed by atoms with van der Waals surface area (Å²) >= 11 is 0. The van der Waals surface area contributed by atoms with E-state index in [1.807, 2.05) is 26.0 Å². The molecule has 1 atom stereocenters. The van der Waals surface area contributed by atoms with Crippen LogP contribution in [0.25, 0.3) is 11.3 Å². The summed E-state index contributed by atoms with van der Waals surface area (Å²) in [5.41, 5.74) is 2.85. The monoisotopic (exact) mass is 380 g/mol. The van der Waals surface area contributed by atoms with Gasteiger partial charge >= 0.3 is 0 Å². The largest absolute Gasteiger partial charge is 0.474 e. The third kappa shape index (κ3) is 3.33. The molecular formula is C20H20N4O4. The average Bonchev–Trinajstić information content (AvgIpc) is 2.97. The van der Waals surface area contributed by atoms with Crippen molar-refractivity contribution in [3.63, 3.8) is 0 Å². The van der Waals surface area contributed by atoms with Gasteiger partial charge in [-0.05, 0) is 38.0 Å². The summed E-state index contributed by atoms with van der Waals surface area (Å²) in [5.74, 6) is -0.468. The number of rotatable bonds is 4. The predicted molar refractivity (Wildman–Crippen MR) is 99.3 cm³/mol. The van der Waals surface area contributed by atoms with E-state index in [0.29, 0.717) is 30.1 Å². The molecule has 1 aromatic carbocycles. The number of hydrogen-bond acceptors (Lipinski definition) is 6. The highest BCUT2D eigenvalue weighted by molar-refractivity contribution is 6.05. The van der Waals surface area contributed by atoms with E-state index in [0.717, 1.165) is 11.1 Å². The minimum Gasteiger partial charge on any atom is -0.474 e. The summed E-state index contributed by atoms with van der Waals surface area (Å²) in [6, 6.07) is 4.83. The fourth-order valence-corrected chi connectivity index (χ4v) is 3.52. The van der Waals surface area contributed by atoms with Crippen LogP contribution in [0.2, 0.25) is 0 Å². The Morgan fingerprint density at radius 2 is 2.04 bits per heavy atom. The first-order valence-electron chi connectivity index (χ1n) is 9.19. The van der Waals surface area contributed by atoms with E-state index in [1.165, 1.54) is 4.90 Å². The van der Waals surface area contributed by atoms with Crippen molar-refractivity contribution in [2.75, 3.05) is 0 Å². The number of nitrogens with zero attached hydrogens (tertiary/aromatic N) is 3. The molecule has 1 fully saturated rings. The zero-order valence-electron chi connectivity index (χ0n) is 15.6. The molecule has 4 rings (SSSR count). The molecule has 2 aliphatic rings. The third-order valence-electron chi connectivity index (χ3n) is 4.79. The van der Waals surface area contributed by atoms with Crippen molar-refractivity contribution < 1.29 is 19.1 Å². The number of ether oxygens (including phenoxy) is 1. The normalized spacial score (nSPS) is 19.0. The van der Waals surface area contributed by atoms with Crippen molar-refractivity contribution in [3.05, 3.63) is 41.7 Å². The second kappa shape index (κ2) is 7.03. The number of imide groups is 1. The van der Waals surface area contributed by atoms with E-state index in [1.54, 1.807) is 18.5 Å². The number of benzene rings is 1. The minimum atomic E-state index is -0.622. The molecule has 0 spiro atoms. The second-order valence-electron chi connectivity index (χ2n) is 7.18. The Labute approximate surface area is 161 Å². The SMILES string of the molecule is CC(C)Oc1cncc(-c2ccc3c(c2)CN(C2CCC(=O)NC2=O)C3=O)n1. The van der Waals surface area contributed by atoms with E-state index in [4.69, 9.17) is 4.74 Å². The highest BCUT2D eigenvalue weighted by Gasteiger charge is 2.39. The summed E-state index contributed by atoms with van der Waals surface area (Å²) in [6.07, 6.45) is 3.77. The van der Waals surface area contributed by atoms with Gasteiger partial charge in [0.1, 0.15) is 6.04 Å². The molecule has 2 aliphatic heterocycles. The van der Waals surface area contributed by atoms with Gasteiger partial charge in [0.05, 0.1) is 24.2 Å². The first-order valence-corrected chi connectivity index (χ1v) is 9.19. The molecule has 2 aromatic rings. The standard InChI is InChI=1S/C20H20N4O4/c1-11(2)28-18-9-21-8-15(22-18)12-3-4-14-13(7-12)10-24(20(14)27)16-5-6-17(25)23-19(16)26/h3-4,7-9,11,16H,5-6,10H2,1-2H3,(H,23,25,26). The number of aromatic nitrogens is 2. The van der Waals surface area contributed by atoms with E-state index >= 15 is 0 Å². The lowest BCUT2D eigenvalue weighted by atomic mass is 10.0. The number of amides is 3. The van der Waals surface area contributed by atoms with Crippen LogP contribution in [0.15, 0.2) is 30.6 Å². The number of fused-ring (bicyclic) bond motifs is 1. The van der Waals surface area contributed by atoms with Crippen LogP contribution in [-0.2, 0) is 16.1 Å². The van der Waals surface area contributed by atoms with Gasteiger partial charge in [-0.2, -0.15) is 0 Å². The Morgan fingerprint density at radius 3 is 2.79 bits per heavy atom. The molecule has 0 saturated carbocycles. The van der Waals surface area contributed by atoms with Gasteiger partial charge in [0.25, 0.3) is 5.91 Å². The highest BCUT2D eigenvalue weighted by atomic mass is 16.5. The average molecular weight is 380 g/mol. The molecule has 144 valence electrons. The first-order chi connectivity index (χ1) is 13.4. The van der Waals surface area contributed by atoms with E-state index in [-0.39, 0.29) is 24.3 Å². The number of nitrogens with one attached hydrogen (secondary N) is 1. The van der Waals surface area contributed by atoms with Crippen LogP contribution in [-0.4, -0.2) is 44.7 Å². The minimum absolute atomic E-state index is 0.00993. The van der Waals surface area contributed by atoms with Gasteiger partial charge in [-0.3, -0.25) is 24.7 Å². The van der Waals surface area contributed by atoms with Gasteiger partial charge in [0, 0.05) is 24.1 Å². The van der Waals surface area contributed by atoms with E-state index < -0.39 is 11.9 Å². The van der Waals surface area contributed by atoms with Crippen molar-refractivity contribution in [2.45, 2.75) is 45.4 Å². The van der Waals surface area contributed by atoms with Crippen LogP contribution in [0.1, 0.15) is 42.6 Å². The Bertz CT molecular complexity index is 972. The topological polar surface area (TPSA) is 101 Å². The molecule has 0 aliphatic carbocycles. The summed E-state index contributed by atoms with van der Waals surface area (Å²) in [4.78, 5) is 46.5. The molecule has 1 aromatic heterocycles. The van der Waals surface area contributed by atoms with Gasteiger partial charge in [-0.25, -0.2) is 4.98 Å². The quantitative estimate of drug-likeness (QED) is 0.810. The van der Waals surface area contributed by atoms with Gasteiger partial charge in [-0.15, -0.1) is 0 Å². The lowest BCUT2D eigenvalue weighted by Gasteiger charge is -2.29. The molecule has 8 heteroatoms. The highest BCUT2D eigenvalue weighted by Crippen LogP contribution is 2.31. The smallest absolute Gasteiger partial charge is 0.255 e. The van der Waals surface area contributed by atoms with Gasteiger partial charge < -0.3 is 9.64 Å². The number of piperidine rings is 1. The van der Waals surface area contributed by atoms with Gasteiger partial charge in [0.15, 0.2) is 0 Å². The molecule has 0 radical (unpaired) electrons. The molecule has 8 nitrogen and oxygen atoms in total. The number of carbonyl (C=O) groups excluding carboxylic acids is 3. The maximum Gasteiger partial charge on any atom is 0.255 e. The van der Waals surface area contributed by atoms with E-state index in [9.17, 15) is 14.4 Å². The van der Waals surface area contributed by atoms with Crippen LogP contribution in [0.4, 0.5) is 0 Å². The molecule has 3 heterocycles. The van der Waals surface area contributed by atoms with Crippen molar-refractivity contribution in [2.24, 2.45) is 0 Å². The summed E-state index contributed by atoms with van der Waals surface area (Å²) in [6.45, 7) is 4.15. The maximum atomic E-state index is 12.8. The summed E-state index contributed by atoms with van der Waals surface area (Å²) < 4.78 is 5.59. The fraction of sp³-hybridized carbons (Fsp3) is 0.350.